The molecule has 0 saturated carbocycles. The second-order valence-electron chi connectivity index (χ2n) is 5.35. The van der Waals surface area contributed by atoms with Crippen molar-refractivity contribution >= 4 is 17.4 Å². The summed E-state index contributed by atoms with van der Waals surface area (Å²) in [7, 11) is 0. The van der Waals surface area contributed by atoms with Crippen molar-refractivity contribution in [2.45, 2.75) is 12.8 Å². The van der Waals surface area contributed by atoms with Crippen LogP contribution in [0.25, 0.3) is 0 Å². The van der Waals surface area contributed by atoms with Gasteiger partial charge in [0.2, 0.25) is 5.91 Å². The van der Waals surface area contributed by atoms with Crippen LogP contribution in [0.2, 0.25) is 0 Å². The summed E-state index contributed by atoms with van der Waals surface area (Å²) in [6.45, 7) is 1.46. The lowest BCUT2D eigenvalue weighted by Crippen LogP contribution is -2.23. The summed E-state index contributed by atoms with van der Waals surface area (Å²) < 4.78 is 0. The molecule has 24 heavy (non-hydrogen) atoms. The first kappa shape index (κ1) is 17.5. The van der Waals surface area contributed by atoms with E-state index in [1.807, 2.05) is 18.2 Å². The molecule has 0 aliphatic rings. The molecule has 2 aromatic rings. The number of nitrogens with two attached hydrogens (primary N) is 1. The number of nitrogens with one attached hydrogen (secondary N) is 2. The highest BCUT2D eigenvalue weighted by molar-refractivity contribution is 5.98. The molecule has 5 N–H and O–H groups in total. The molecular formula is C18H22N4O2. The van der Waals surface area contributed by atoms with Crippen molar-refractivity contribution in [2.24, 2.45) is 10.9 Å². The van der Waals surface area contributed by atoms with E-state index in [1.165, 1.54) is 5.56 Å². The molecule has 0 bridgehead atoms. The first-order valence-electron chi connectivity index (χ1n) is 7.81. The molecule has 126 valence electrons. The summed E-state index contributed by atoms with van der Waals surface area (Å²) in [6.07, 6.45) is 1.34. The van der Waals surface area contributed by atoms with Crippen LogP contribution in [0.1, 0.15) is 17.5 Å². The average molecular weight is 326 g/mol. The highest BCUT2D eigenvalue weighted by Crippen LogP contribution is 2.09. The van der Waals surface area contributed by atoms with Crippen molar-refractivity contribution in [3.63, 3.8) is 0 Å². The van der Waals surface area contributed by atoms with Crippen LogP contribution in [0.15, 0.2) is 59.8 Å². The molecule has 0 spiro atoms. The Morgan fingerprint density at radius 1 is 1.04 bits per heavy atom. The zero-order valence-corrected chi connectivity index (χ0v) is 13.4. The van der Waals surface area contributed by atoms with Gasteiger partial charge in [0.15, 0.2) is 5.84 Å². The van der Waals surface area contributed by atoms with Gasteiger partial charge < -0.3 is 21.6 Å². The number of carbonyl (C=O) groups is 1. The summed E-state index contributed by atoms with van der Waals surface area (Å²) in [6, 6.07) is 17.0. The summed E-state index contributed by atoms with van der Waals surface area (Å²) in [4.78, 5) is 11.9. The van der Waals surface area contributed by atoms with Gasteiger partial charge in [-0.2, -0.15) is 0 Å². The minimum Gasteiger partial charge on any atom is -0.409 e. The quantitative estimate of drug-likeness (QED) is 0.196. The Balaban J connectivity index is 1.66. The number of hydrogen-bond donors (Lipinski definition) is 4. The number of benzene rings is 2. The number of hydrogen-bond acceptors (Lipinski definition) is 4. The summed E-state index contributed by atoms with van der Waals surface area (Å²) in [5.41, 5.74) is 8.04. The van der Waals surface area contributed by atoms with Gasteiger partial charge >= 0.3 is 0 Å². The van der Waals surface area contributed by atoms with E-state index in [2.05, 4.69) is 27.9 Å². The standard InChI is InChI=1S/C18H22N4O2/c19-18(22-24)15-6-8-16(9-7-15)21-17(23)11-13-20-12-10-14-4-2-1-3-5-14/h1-9,20,24H,10-13H2,(H2,19,22)(H,21,23). The van der Waals surface area contributed by atoms with Gasteiger partial charge in [-0.15, -0.1) is 0 Å². The maximum atomic E-state index is 11.9. The number of amidine groups is 1. The number of anilines is 1. The summed E-state index contributed by atoms with van der Waals surface area (Å²) >= 11 is 0. The molecule has 0 radical (unpaired) electrons. The third-order valence-corrected chi connectivity index (χ3v) is 3.53. The first-order valence-corrected chi connectivity index (χ1v) is 7.81. The topological polar surface area (TPSA) is 99.7 Å². The normalized spacial score (nSPS) is 11.2. The largest absolute Gasteiger partial charge is 0.409 e. The molecule has 0 saturated heterocycles. The van der Waals surface area contributed by atoms with Crippen LogP contribution in [-0.2, 0) is 11.2 Å². The van der Waals surface area contributed by atoms with Crippen molar-refractivity contribution in [1.82, 2.24) is 5.32 Å². The molecule has 2 rings (SSSR count). The van der Waals surface area contributed by atoms with Gasteiger partial charge in [-0.1, -0.05) is 35.5 Å². The van der Waals surface area contributed by atoms with Crippen molar-refractivity contribution in [3.8, 4) is 0 Å². The third kappa shape index (κ3) is 5.73. The molecule has 1 amide bonds. The average Bonchev–Trinajstić information content (AvgIpc) is 2.62. The van der Waals surface area contributed by atoms with E-state index in [4.69, 9.17) is 10.9 Å². The number of nitrogens with zero attached hydrogens (tertiary/aromatic N) is 1. The highest BCUT2D eigenvalue weighted by Gasteiger charge is 2.03. The lowest BCUT2D eigenvalue weighted by Gasteiger charge is -2.07. The fourth-order valence-corrected chi connectivity index (χ4v) is 2.21. The van der Waals surface area contributed by atoms with Gasteiger partial charge in [0, 0.05) is 24.2 Å². The Morgan fingerprint density at radius 3 is 2.42 bits per heavy atom. The SMILES string of the molecule is N/C(=N\O)c1ccc(NC(=O)CCNCCc2ccccc2)cc1. The number of carbonyl (C=O) groups excluding carboxylic acids is 1. The molecule has 6 heteroatoms. The Morgan fingerprint density at radius 2 is 1.75 bits per heavy atom. The van der Waals surface area contributed by atoms with Crippen LogP contribution in [0.3, 0.4) is 0 Å². The van der Waals surface area contributed by atoms with E-state index in [-0.39, 0.29) is 11.7 Å². The monoisotopic (exact) mass is 326 g/mol. The van der Waals surface area contributed by atoms with E-state index in [9.17, 15) is 4.79 Å². The molecule has 0 aromatic heterocycles. The minimum atomic E-state index is -0.0567. The zero-order chi connectivity index (χ0) is 17.2. The summed E-state index contributed by atoms with van der Waals surface area (Å²) in [5, 5.41) is 17.6. The maximum absolute atomic E-state index is 11.9. The van der Waals surface area contributed by atoms with Gasteiger partial charge in [0.25, 0.3) is 0 Å². The van der Waals surface area contributed by atoms with Gasteiger partial charge in [-0.25, -0.2) is 0 Å². The third-order valence-electron chi connectivity index (χ3n) is 3.53. The molecule has 0 unspecified atom stereocenters. The maximum Gasteiger partial charge on any atom is 0.225 e. The number of oxime groups is 1. The van der Waals surface area contributed by atoms with Crippen molar-refractivity contribution < 1.29 is 10.0 Å². The van der Waals surface area contributed by atoms with Crippen molar-refractivity contribution in [3.05, 3.63) is 65.7 Å². The van der Waals surface area contributed by atoms with E-state index in [0.29, 0.717) is 24.2 Å². The first-order chi connectivity index (χ1) is 11.7. The lowest BCUT2D eigenvalue weighted by atomic mass is 10.1. The molecule has 2 aromatic carbocycles. The Labute approximate surface area is 141 Å². The number of amides is 1. The van der Waals surface area contributed by atoms with Crippen LogP contribution in [-0.4, -0.2) is 30.0 Å². The zero-order valence-electron chi connectivity index (χ0n) is 13.4. The minimum absolute atomic E-state index is 0.0375. The van der Waals surface area contributed by atoms with E-state index < -0.39 is 0 Å². The molecule has 0 fully saturated rings. The van der Waals surface area contributed by atoms with Crippen LogP contribution in [0.5, 0.6) is 0 Å². The second kappa shape index (κ2) is 9.32. The van der Waals surface area contributed by atoms with Crippen LogP contribution >= 0.6 is 0 Å². The molecule has 0 atom stereocenters. The molecule has 0 aliphatic carbocycles. The molecule has 0 aliphatic heterocycles. The van der Waals surface area contributed by atoms with Crippen molar-refractivity contribution in [2.75, 3.05) is 18.4 Å². The molecule has 6 nitrogen and oxygen atoms in total. The van der Waals surface area contributed by atoms with Gasteiger partial charge in [-0.3, -0.25) is 4.79 Å². The molecular weight excluding hydrogens is 304 g/mol. The van der Waals surface area contributed by atoms with Crippen LogP contribution in [0, 0.1) is 0 Å². The van der Waals surface area contributed by atoms with Gasteiger partial charge in [0.1, 0.15) is 0 Å². The Kier molecular flexibility index (Phi) is 6.79. The van der Waals surface area contributed by atoms with E-state index >= 15 is 0 Å². The highest BCUT2D eigenvalue weighted by atomic mass is 16.4. The molecule has 0 heterocycles. The van der Waals surface area contributed by atoms with Gasteiger partial charge in [-0.05, 0) is 42.8 Å². The second-order valence-corrected chi connectivity index (χ2v) is 5.35. The lowest BCUT2D eigenvalue weighted by molar-refractivity contribution is -0.116. The Hall–Kier alpha value is -2.86. The summed E-state index contributed by atoms with van der Waals surface area (Å²) in [5.74, 6) is -0.0192. The Bertz CT molecular complexity index is 669. The smallest absolute Gasteiger partial charge is 0.225 e. The van der Waals surface area contributed by atoms with E-state index in [0.717, 1.165) is 13.0 Å². The fraction of sp³-hybridized carbons (Fsp3) is 0.222. The van der Waals surface area contributed by atoms with E-state index in [1.54, 1.807) is 24.3 Å². The predicted octanol–water partition coefficient (Wildman–Crippen LogP) is 1.94. The van der Waals surface area contributed by atoms with Crippen LogP contribution in [0.4, 0.5) is 5.69 Å². The fourth-order valence-electron chi connectivity index (χ4n) is 2.21. The number of rotatable bonds is 8. The van der Waals surface area contributed by atoms with Gasteiger partial charge in [0.05, 0.1) is 0 Å². The van der Waals surface area contributed by atoms with Crippen molar-refractivity contribution in [1.29, 1.82) is 0 Å². The predicted molar refractivity (Wildman–Crippen MR) is 95.2 cm³/mol. The van der Waals surface area contributed by atoms with Crippen LogP contribution < -0.4 is 16.4 Å².